The van der Waals surface area contributed by atoms with Gasteiger partial charge in [-0.05, 0) is 13.3 Å². The molecule has 0 bridgehead atoms. The van der Waals surface area contributed by atoms with Crippen molar-refractivity contribution in [2.45, 2.75) is 32.6 Å². The van der Waals surface area contributed by atoms with Crippen LogP contribution in [0, 0.1) is 6.92 Å². The smallest absolute Gasteiger partial charge is 0.141 e. The van der Waals surface area contributed by atoms with Gasteiger partial charge < -0.3 is 4.52 Å². The first-order valence-corrected chi connectivity index (χ1v) is 4.33. The van der Waals surface area contributed by atoms with Gasteiger partial charge in [-0.25, -0.2) is 0 Å². The van der Waals surface area contributed by atoms with E-state index in [-0.39, 0.29) is 0 Å². The van der Waals surface area contributed by atoms with Crippen LogP contribution in [0.4, 0.5) is 0 Å². The molecule has 0 aliphatic rings. The van der Waals surface area contributed by atoms with E-state index in [1.54, 1.807) is 0 Å². The van der Waals surface area contributed by atoms with Gasteiger partial charge in [0.05, 0.1) is 11.6 Å². The quantitative estimate of drug-likeness (QED) is 0.657. The summed E-state index contributed by atoms with van der Waals surface area (Å²) < 4.78 is 5.09. The van der Waals surface area contributed by atoms with Crippen molar-refractivity contribution >= 4 is 11.6 Å². The lowest BCUT2D eigenvalue weighted by atomic mass is 10.1. The lowest BCUT2D eigenvalue weighted by Crippen LogP contribution is -1.86. The standard InChI is InChI=1S/C8H12ClNO/c1-3-4-8-7(5-9)6(2)10-11-8/h3-5H2,1-2H3. The minimum atomic E-state index is 0.505. The van der Waals surface area contributed by atoms with Crippen molar-refractivity contribution in [2.75, 3.05) is 0 Å². The van der Waals surface area contributed by atoms with Crippen molar-refractivity contribution in [3.8, 4) is 0 Å². The molecule has 0 unspecified atom stereocenters. The number of aryl methyl sites for hydroxylation is 2. The summed E-state index contributed by atoms with van der Waals surface area (Å²) >= 11 is 5.71. The molecule has 0 N–H and O–H groups in total. The highest BCUT2D eigenvalue weighted by molar-refractivity contribution is 6.17. The summed E-state index contributed by atoms with van der Waals surface area (Å²) in [7, 11) is 0. The lowest BCUT2D eigenvalue weighted by Gasteiger charge is -1.93. The monoisotopic (exact) mass is 173 g/mol. The number of nitrogens with zero attached hydrogens (tertiary/aromatic N) is 1. The normalized spacial score (nSPS) is 10.5. The maximum Gasteiger partial charge on any atom is 0.141 e. The van der Waals surface area contributed by atoms with Crippen molar-refractivity contribution in [3.63, 3.8) is 0 Å². The summed E-state index contributed by atoms with van der Waals surface area (Å²) in [5, 5.41) is 3.85. The van der Waals surface area contributed by atoms with Gasteiger partial charge in [0, 0.05) is 12.0 Å². The van der Waals surface area contributed by atoms with Crippen molar-refractivity contribution in [1.29, 1.82) is 0 Å². The first kappa shape index (κ1) is 8.60. The number of halogens is 1. The molecule has 11 heavy (non-hydrogen) atoms. The molecule has 0 aliphatic carbocycles. The topological polar surface area (TPSA) is 26.0 Å². The van der Waals surface area contributed by atoms with E-state index >= 15 is 0 Å². The predicted octanol–water partition coefficient (Wildman–Crippen LogP) is 2.67. The number of hydrogen-bond donors (Lipinski definition) is 0. The molecule has 0 aromatic carbocycles. The molecule has 1 heterocycles. The van der Waals surface area contributed by atoms with Crippen LogP contribution in [0.5, 0.6) is 0 Å². The molecule has 62 valence electrons. The van der Waals surface area contributed by atoms with Gasteiger partial charge >= 0.3 is 0 Å². The Morgan fingerprint density at radius 2 is 2.27 bits per heavy atom. The van der Waals surface area contributed by atoms with E-state index in [1.165, 1.54) is 0 Å². The molecular weight excluding hydrogens is 162 g/mol. The Hall–Kier alpha value is -0.500. The molecule has 0 saturated carbocycles. The van der Waals surface area contributed by atoms with E-state index in [0.717, 1.165) is 29.9 Å². The maximum atomic E-state index is 5.71. The second-order valence-corrected chi connectivity index (χ2v) is 2.82. The van der Waals surface area contributed by atoms with Crippen molar-refractivity contribution in [3.05, 3.63) is 17.0 Å². The fourth-order valence-electron chi connectivity index (χ4n) is 1.03. The second-order valence-electron chi connectivity index (χ2n) is 2.55. The molecular formula is C8H12ClNO. The fourth-order valence-corrected chi connectivity index (χ4v) is 1.37. The van der Waals surface area contributed by atoms with Crippen LogP contribution in [0.2, 0.25) is 0 Å². The molecule has 0 atom stereocenters. The highest BCUT2D eigenvalue weighted by atomic mass is 35.5. The zero-order valence-electron chi connectivity index (χ0n) is 6.85. The SMILES string of the molecule is CCCc1onc(C)c1CCl. The average molecular weight is 174 g/mol. The molecule has 0 spiro atoms. The van der Waals surface area contributed by atoms with Crippen LogP contribution in [0.25, 0.3) is 0 Å². The van der Waals surface area contributed by atoms with Gasteiger partial charge in [-0.3, -0.25) is 0 Å². The third-order valence-electron chi connectivity index (χ3n) is 1.68. The van der Waals surface area contributed by atoms with E-state index in [9.17, 15) is 0 Å². The van der Waals surface area contributed by atoms with Gasteiger partial charge in [0.1, 0.15) is 5.76 Å². The van der Waals surface area contributed by atoms with Gasteiger partial charge in [-0.1, -0.05) is 12.1 Å². The molecule has 0 amide bonds. The Kier molecular flexibility index (Phi) is 2.94. The highest BCUT2D eigenvalue weighted by Gasteiger charge is 2.09. The largest absolute Gasteiger partial charge is 0.361 e. The summed E-state index contributed by atoms with van der Waals surface area (Å²) in [5.74, 6) is 1.45. The van der Waals surface area contributed by atoms with E-state index in [0.29, 0.717) is 5.88 Å². The maximum absolute atomic E-state index is 5.71. The van der Waals surface area contributed by atoms with Gasteiger partial charge in [-0.15, -0.1) is 11.6 Å². The van der Waals surface area contributed by atoms with Gasteiger partial charge in [0.15, 0.2) is 0 Å². The number of hydrogen-bond acceptors (Lipinski definition) is 2. The first-order valence-electron chi connectivity index (χ1n) is 3.79. The van der Waals surface area contributed by atoms with Crippen LogP contribution in [-0.2, 0) is 12.3 Å². The zero-order chi connectivity index (χ0) is 8.27. The van der Waals surface area contributed by atoms with E-state index in [4.69, 9.17) is 16.1 Å². The van der Waals surface area contributed by atoms with Crippen LogP contribution in [-0.4, -0.2) is 5.16 Å². The van der Waals surface area contributed by atoms with Gasteiger partial charge in [-0.2, -0.15) is 0 Å². The van der Waals surface area contributed by atoms with Crippen LogP contribution < -0.4 is 0 Å². The summed E-state index contributed by atoms with van der Waals surface area (Å²) in [6.45, 7) is 4.02. The summed E-state index contributed by atoms with van der Waals surface area (Å²) in [6, 6.07) is 0. The van der Waals surface area contributed by atoms with Gasteiger partial charge in [0.2, 0.25) is 0 Å². The van der Waals surface area contributed by atoms with Crippen LogP contribution in [0.15, 0.2) is 4.52 Å². The third kappa shape index (κ3) is 1.74. The summed E-state index contributed by atoms with van der Waals surface area (Å²) in [4.78, 5) is 0. The Morgan fingerprint density at radius 3 is 2.82 bits per heavy atom. The van der Waals surface area contributed by atoms with Crippen LogP contribution in [0.1, 0.15) is 30.4 Å². The minimum absolute atomic E-state index is 0.505. The fraction of sp³-hybridized carbons (Fsp3) is 0.625. The summed E-state index contributed by atoms with van der Waals surface area (Å²) in [5.41, 5.74) is 1.98. The Balaban J connectivity index is 2.86. The molecule has 1 aromatic heterocycles. The van der Waals surface area contributed by atoms with Gasteiger partial charge in [0.25, 0.3) is 0 Å². The Labute approximate surface area is 71.5 Å². The summed E-state index contributed by atoms with van der Waals surface area (Å²) in [6.07, 6.45) is 2.00. The van der Waals surface area contributed by atoms with Crippen molar-refractivity contribution < 1.29 is 4.52 Å². The highest BCUT2D eigenvalue weighted by Crippen LogP contribution is 2.16. The van der Waals surface area contributed by atoms with E-state index < -0.39 is 0 Å². The Morgan fingerprint density at radius 1 is 1.55 bits per heavy atom. The molecule has 3 heteroatoms. The Bertz CT molecular complexity index is 232. The minimum Gasteiger partial charge on any atom is -0.361 e. The van der Waals surface area contributed by atoms with Crippen molar-refractivity contribution in [1.82, 2.24) is 5.16 Å². The third-order valence-corrected chi connectivity index (χ3v) is 1.94. The number of alkyl halides is 1. The van der Waals surface area contributed by atoms with Crippen LogP contribution in [0.3, 0.4) is 0 Å². The molecule has 2 nitrogen and oxygen atoms in total. The molecule has 0 aliphatic heterocycles. The lowest BCUT2D eigenvalue weighted by molar-refractivity contribution is 0.377. The van der Waals surface area contributed by atoms with Crippen LogP contribution >= 0.6 is 11.6 Å². The van der Waals surface area contributed by atoms with E-state index in [2.05, 4.69) is 12.1 Å². The molecule has 1 rings (SSSR count). The molecule has 0 fully saturated rings. The molecule has 0 radical (unpaired) electrons. The van der Waals surface area contributed by atoms with Crippen molar-refractivity contribution in [2.24, 2.45) is 0 Å². The first-order chi connectivity index (χ1) is 5.29. The predicted molar refractivity (Wildman–Crippen MR) is 44.8 cm³/mol. The number of rotatable bonds is 3. The second kappa shape index (κ2) is 3.77. The molecule has 1 aromatic rings. The molecule has 0 saturated heterocycles. The number of aromatic nitrogens is 1. The van der Waals surface area contributed by atoms with E-state index in [1.807, 2.05) is 6.92 Å². The average Bonchev–Trinajstić information content (AvgIpc) is 2.33. The zero-order valence-corrected chi connectivity index (χ0v) is 7.61.